The number of hydrogen-bond donors (Lipinski definition) is 2. The minimum absolute atomic E-state index is 0.277. The van der Waals surface area contributed by atoms with Gasteiger partial charge in [0.05, 0.1) is 23.0 Å². The van der Waals surface area contributed by atoms with Gasteiger partial charge in [-0.2, -0.15) is 0 Å². The maximum atomic E-state index is 5.96. The largest absolute Gasteiger partial charge is 0.321 e. The number of aromatic nitrogens is 2. The second kappa shape index (κ2) is 2.61. The van der Waals surface area contributed by atoms with Crippen LogP contribution in [-0.4, -0.2) is 15.5 Å². The summed E-state index contributed by atoms with van der Waals surface area (Å²) in [6.45, 7) is 1.88. The van der Waals surface area contributed by atoms with E-state index in [1.807, 2.05) is 19.1 Å². The Hall–Kier alpha value is -1.26. The van der Waals surface area contributed by atoms with Gasteiger partial charge in [0, 0.05) is 12.4 Å². The highest BCUT2D eigenvalue weighted by Gasteiger charge is 2.31. The minimum Gasteiger partial charge on any atom is -0.321 e. The van der Waals surface area contributed by atoms with E-state index in [2.05, 4.69) is 9.97 Å². The van der Waals surface area contributed by atoms with E-state index in [0.717, 1.165) is 11.4 Å². The summed E-state index contributed by atoms with van der Waals surface area (Å²) in [6, 6.07) is -0.277. The van der Waals surface area contributed by atoms with Crippen LogP contribution in [0.2, 0.25) is 0 Å². The lowest BCUT2D eigenvalue weighted by molar-refractivity contribution is 0.455. The zero-order valence-electron chi connectivity index (χ0n) is 7.44. The highest BCUT2D eigenvalue weighted by molar-refractivity contribution is 5.54. The van der Waals surface area contributed by atoms with Crippen LogP contribution in [0.25, 0.3) is 6.08 Å². The zero-order valence-corrected chi connectivity index (χ0v) is 7.44. The van der Waals surface area contributed by atoms with Crippen LogP contribution >= 0.6 is 0 Å². The highest BCUT2D eigenvalue weighted by atomic mass is 14.9. The van der Waals surface area contributed by atoms with E-state index in [4.69, 9.17) is 11.5 Å². The van der Waals surface area contributed by atoms with Crippen LogP contribution in [0.1, 0.15) is 24.4 Å². The van der Waals surface area contributed by atoms with Crippen molar-refractivity contribution in [3.05, 3.63) is 29.9 Å². The Morgan fingerprint density at radius 3 is 2.85 bits per heavy atom. The SMILES string of the molecule is CC1(N)C=Cc2nccnc2C1N. The van der Waals surface area contributed by atoms with Crippen molar-refractivity contribution < 1.29 is 0 Å². The molecule has 0 fully saturated rings. The lowest BCUT2D eigenvalue weighted by Gasteiger charge is -2.31. The summed E-state index contributed by atoms with van der Waals surface area (Å²) < 4.78 is 0. The van der Waals surface area contributed by atoms with E-state index in [1.54, 1.807) is 12.4 Å². The molecule has 1 aliphatic carbocycles. The maximum absolute atomic E-state index is 5.96. The predicted molar refractivity (Wildman–Crippen MR) is 50.6 cm³/mol. The van der Waals surface area contributed by atoms with Crippen LogP contribution in [0.3, 0.4) is 0 Å². The van der Waals surface area contributed by atoms with Crippen LogP contribution in [0.15, 0.2) is 18.5 Å². The molecular formula is C9H12N4. The van der Waals surface area contributed by atoms with Crippen molar-refractivity contribution in [3.63, 3.8) is 0 Å². The minimum atomic E-state index is -0.525. The van der Waals surface area contributed by atoms with Crippen molar-refractivity contribution in [3.8, 4) is 0 Å². The standard InChI is InChI=1S/C9H12N4/c1-9(11)3-2-6-7(8(9)10)13-5-4-12-6/h2-5,8H,10-11H2,1H3. The molecule has 0 radical (unpaired) electrons. The molecule has 0 amide bonds. The van der Waals surface area contributed by atoms with Crippen molar-refractivity contribution >= 4 is 6.08 Å². The summed E-state index contributed by atoms with van der Waals surface area (Å²) in [5, 5.41) is 0. The molecule has 4 N–H and O–H groups in total. The smallest absolute Gasteiger partial charge is 0.0859 e. The topological polar surface area (TPSA) is 77.8 Å². The van der Waals surface area contributed by atoms with Crippen LogP contribution in [0, 0.1) is 0 Å². The lowest BCUT2D eigenvalue weighted by atomic mass is 9.86. The third-order valence-corrected chi connectivity index (χ3v) is 2.32. The number of nitrogens with two attached hydrogens (primary N) is 2. The average Bonchev–Trinajstić information content (AvgIpc) is 2.13. The van der Waals surface area contributed by atoms with E-state index in [1.165, 1.54) is 0 Å². The van der Waals surface area contributed by atoms with E-state index >= 15 is 0 Å². The van der Waals surface area contributed by atoms with Crippen LogP contribution in [-0.2, 0) is 0 Å². The fraction of sp³-hybridized carbons (Fsp3) is 0.333. The number of nitrogens with zero attached hydrogens (tertiary/aromatic N) is 2. The summed E-state index contributed by atoms with van der Waals surface area (Å²) in [5.74, 6) is 0. The Balaban J connectivity index is 2.55. The first-order chi connectivity index (χ1) is 6.11. The molecular weight excluding hydrogens is 164 g/mol. The molecule has 2 atom stereocenters. The van der Waals surface area contributed by atoms with Crippen LogP contribution in [0.5, 0.6) is 0 Å². The average molecular weight is 176 g/mol. The molecule has 68 valence electrons. The second-order valence-electron chi connectivity index (χ2n) is 3.50. The fourth-order valence-corrected chi connectivity index (χ4v) is 1.38. The third kappa shape index (κ3) is 1.24. The zero-order chi connectivity index (χ0) is 9.47. The Morgan fingerprint density at radius 2 is 2.08 bits per heavy atom. The second-order valence-corrected chi connectivity index (χ2v) is 3.50. The first kappa shape index (κ1) is 8.34. The molecule has 4 nitrogen and oxygen atoms in total. The molecule has 4 heteroatoms. The van der Waals surface area contributed by atoms with E-state index in [-0.39, 0.29) is 6.04 Å². The molecule has 13 heavy (non-hydrogen) atoms. The van der Waals surface area contributed by atoms with Crippen molar-refractivity contribution in [2.45, 2.75) is 18.5 Å². The fourth-order valence-electron chi connectivity index (χ4n) is 1.38. The van der Waals surface area contributed by atoms with Gasteiger partial charge in [0.2, 0.25) is 0 Å². The summed E-state index contributed by atoms with van der Waals surface area (Å²) >= 11 is 0. The van der Waals surface area contributed by atoms with Gasteiger partial charge >= 0.3 is 0 Å². The third-order valence-electron chi connectivity index (χ3n) is 2.32. The summed E-state index contributed by atoms with van der Waals surface area (Å²) in [7, 11) is 0. The monoisotopic (exact) mass is 176 g/mol. The van der Waals surface area contributed by atoms with Gasteiger partial charge in [0.1, 0.15) is 0 Å². The Labute approximate surface area is 76.7 Å². The van der Waals surface area contributed by atoms with E-state index in [0.29, 0.717) is 0 Å². The quantitative estimate of drug-likeness (QED) is 0.592. The molecule has 1 aliphatic rings. The van der Waals surface area contributed by atoms with Gasteiger partial charge in [0.25, 0.3) is 0 Å². The molecule has 1 aromatic rings. The number of rotatable bonds is 0. The lowest BCUT2D eigenvalue weighted by Crippen LogP contribution is -2.47. The van der Waals surface area contributed by atoms with Crippen LogP contribution < -0.4 is 11.5 Å². The molecule has 0 saturated heterocycles. The van der Waals surface area contributed by atoms with Gasteiger partial charge in [-0.1, -0.05) is 6.08 Å². The normalized spacial score (nSPS) is 31.5. The molecule has 0 bridgehead atoms. The van der Waals surface area contributed by atoms with Gasteiger partial charge in [-0.15, -0.1) is 0 Å². The first-order valence-electron chi connectivity index (χ1n) is 4.16. The Kier molecular flexibility index (Phi) is 1.68. The molecule has 0 aromatic carbocycles. The summed E-state index contributed by atoms with van der Waals surface area (Å²) in [5.41, 5.74) is 13.0. The van der Waals surface area contributed by atoms with Gasteiger partial charge in [-0.3, -0.25) is 9.97 Å². The summed E-state index contributed by atoms with van der Waals surface area (Å²) in [6.07, 6.45) is 7.02. The molecule has 1 heterocycles. The molecule has 0 saturated carbocycles. The first-order valence-corrected chi connectivity index (χ1v) is 4.16. The molecule has 2 rings (SSSR count). The van der Waals surface area contributed by atoms with Crippen molar-refractivity contribution in [1.29, 1.82) is 0 Å². The van der Waals surface area contributed by atoms with Gasteiger partial charge in [-0.25, -0.2) is 0 Å². The van der Waals surface area contributed by atoms with Gasteiger partial charge in [0.15, 0.2) is 0 Å². The van der Waals surface area contributed by atoms with Crippen molar-refractivity contribution in [2.24, 2.45) is 11.5 Å². The van der Waals surface area contributed by atoms with Gasteiger partial charge < -0.3 is 11.5 Å². The van der Waals surface area contributed by atoms with Gasteiger partial charge in [-0.05, 0) is 13.0 Å². The van der Waals surface area contributed by atoms with Crippen molar-refractivity contribution in [1.82, 2.24) is 9.97 Å². The number of fused-ring (bicyclic) bond motifs is 1. The molecule has 0 aliphatic heterocycles. The predicted octanol–water partition coefficient (Wildman–Crippen LogP) is 0.221. The highest BCUT2D eigenvalue weighted by Crippen LogP contribution is 2.28. The summed E-state index contributed by atoms with van der Waals surface area (Å²) in [4.78, 5) is 8.33. The van der Waals surface area contributed by atoms with Crippen molar-refractivity contribution in [2.75, 3.05) is 0 Å². The Morgan fingerprint density at radius 1 is 1.38 bits per heavy atom. The molecule has 1 aromatic heterocycles. The van der Waals surface area contributed by atoms with E-state index < -0.39 is 5.54 Å². The van der Waals surface area contributed by atoms with E-state index in [9.17, 15) is 0 Å². The molecule has 0 spiro atoms. The maximum Gasteiger partial charge on any atom is 0.0859 e. The number of hydrogen-bond acceptors (Lipinski definition) is 4. The molecule has 2 unspecified atom stereocenters. The Bertz CT molecular complexity index is 356. The van der Waals surface area contributed by atoms with Crippen LogP contribution in [0.4, 0.5) is 0 Å².